The fraction of sp³-hybridized carbons (Fsp3) is 0.118. The van der Waals surface area contributed by atoms with E-state index in [1.165, 1.54) is 6.07 Å². The Morgan fingerprint density at radius 2 is 1.71 bits per heavy atom. The summed E-state index contributed by atoms with van der Waals surface area (Å²) in [5, 5.41) is 9.88. The highest BCUT2D eigenvalue weighted by molar-refractivity contribution is 14.1. The summed E-state index contributed by atoms with van der Waals surface area (Å²) in [7, 11) is 0. The Hall–Kier alpha value is -2.03. The Morgan fingerprint density at radius 1 is 1.04 bits per heavy atom. The van der Waals surface area contributed by atoms with Gasteiger partial charge >= 0.3 is 6.18 Å². The molecule has 0 unspecified atom stereocenters. The van der Waals surface area contributed by atoms with Crippen LogP contribution in [0, 0.1) is 3.57 Å². The number of aromatic hydroxyl groups is 1. The third-order valence-corrected chi connectivity index (χ3v) is 4.29. The molecule has 0 atom stereocenters. The molecule has 0 aliphatic carbocycles. The van der Waals surface area contributed by atoms with Crippen molar-refractivity contribution in [1.29, 1.82) is 0 Å². The normalized spacial score (nSPS) is 11.7. The zero-order valence-corrected chi connectivity index (χ0v) is 14.4. The number of benzene rings is 2. The monoisotopic (exact) mass is 444 g/mol. The lowest BCUT2D eigenvalue weighted by molar-refractivity contribution is -0.143. The average Bonchev–Trinajstić information content (AvgIpc) is 2.94. The molecule has 1 aromatic heterocycles. The molecular formula is C17H12F3IN2O. The molecule has 7 heteroatoms. The molecule has 0 bridgehead atoms. The van der Waals surface area contributed by atoms with Gasteiger partial charge in [0.1, 0.15) is 17.3 Å². The highest BCUT2D eigenvalue weighted by Crippen LogP contribution is 2.34. The lowest BCUT2D eigenvalue weighted by Crippen LogP contribution is -2.15. The molecule has 24 heavy (non-hydrogen) atoms. The van der Waals surface area contributed by atoms with Gasteiger partial charge in [-0.2, -0.15) is 13.2 Å². The topological polar surface area (TPSA) is 38.0 Å². The number of halogens is 4. The number of nitrogens with zero attached hydrogens (tertiary/aromatic N) is 2. The third kappa shape index (κ3) is 3.40. The number of hydrogen-bond donors (Lipinski definition) is 1. The van der Waals surface area contributed by atoms with Crippen molar-refractivity contribution in [2.24, 2.45) is 0 Å². The molecule has 3 aromatic rings. The maximum atomic E-state index is 13.3. The lowest BCUT2D eigenvalue weighted by atomic mass is 10.1. The molecule has 0 amide bonds. The van der Waals surface area contributed by atoms with Crippen LogP contribution in [0.1, 0.15) is 11.3 Å². The predicted molar refractivity (Wildman–Crippen MR) is 92.6 cm³/mol. The summed E-state index contributed by atoms with van der Waals surface area (Å²) in [6, 6.07) is 13.4. The van der Waals surface area contributed by atoms with E-state index in [9.17, 15) is 18.3 Å². The van der Waals surface area contributed by atoms with Crippen LogP contribution in [0.2, 0.25) is 0 Å². The van der Waals surface area contributed by atoms with Gasteiger partial charge in [0.25, 0.3) is 0 Å². The van der Waals surface area contributed by atoms with Gasteiger partial charge in [-0.05, 0) is 40.8 Å². The van der Waals surface area contributed by atoms with Crippen molar-refractivity contribution < 1.29 is 18.3 Å². The zero-order valence-electron chi connectivity index (χ0n) is 12.3. The summed E-state index contributed by atoms with van der Waals surface area (Å²) < 4.78 is 42.0. The minimum Gasteiger partial charge on any atom is -0.508 e. The predicted octanol–water partition coefficient (Wildman–Crippen LogP) is 4.93. The molecule has 0 radical (unpaired) electrons. The van der Waals surface area contributed by atoms with Crippen LogP contribution in [0.4, 0.5) is 13.2 Å². The van der Waals surface area contributed by atoms with E-state index in [0.29, 0.717) is 11.1 Å². The van der Waals surface area contributed by atoms with E-state index in [0.717, 1.165) is 14.3 Å². The van der Waals surface area contributed by atoms with Crippen LogP contribution >= 0.6 is 22.6 Å². The highest BCUT2D eigenvalue weighted by atomic mass is 127. The second kappa shape index (κ2) is 6.46. The fourth-order valence-corrected chi connectivity index (χ4v) is 2.77. The molecule has 1 heterocycles. The number of phenols is 1. The number of imidazole rings is 1. The first-order chi connectivity index (χ1) is 11.4. The average molecular weight is 444 g/mol. The molecule has 3 nitrogen and oxygen atoms in total. The van der Waals surface area contributed by atoms with E-state index in [1.807, 2.05) is 12.1 Å². The van der Waals surface area contributed by atoms with E-state index in [1.54, 1.807) is 30.3 Å². The van der Waals surface area contributed by atoms with Crippen LogP contribution in [0.15, 0.2) is 54.7 Å². The first-order valence-electron chi connectivity index (χ1n) is 7.02. The summed E-state index contributed by atoms with van der Waals surface area (Å²) in [4.78, 5) is 3.97. The Morgan fingerprint density at radius 3 is 2.33 bits per heavy atom. The Kier molecular flexibility index (Phi) is 4.53. The number of aromatic nitrogens is 2. The first-order valence-corrected chi connectivity index (χ1v) is 8.09. The van der Waals surface area contributed by atoms with Crippen molar-refractivity contribution in [3.63, 3.8) is 0 Å². The number of rotatable bonds is 3. The van der Waals surface area contributed by atoms with E-state index in [2.05, 4.69) is 27.6 Å². The van der Waals surface area contributed by atoms with Gasteiger partial charge in [-0.15, -0.1) is 0 Å². The summed E-state index contributed by atoms with van der Waals surface area (Å²) in [6.07, 6.45) is -3.70. The van der Waals surface area contributed by atoms with Crippen LogP contribution in [-0.4, -0.2) is 14.7 Å². The summed E-state index contributed by atoms with van der Waals surface area (Å²) in [6.45, 7) is -0.122. The van der Waals surface area contributed by atoms with Crippen molar-refractivity contribution in [3.05, 3.63) is 69.6 Å². The Bertz CT molecular complexity index is 857. The largest absolute Gasteiger partial charge is 0.508 e. The molecule has 1 N–H and O–H groups in total. The molecule has 0 saturated carbocycles. The minimum absolute atomic E-state index is 0.0483. The van der Waals surface area contributed by atoms with Crippen molar-refractivity contribution in [2.75, 3.05) is 0 Å². The molecule has 0 saturated heterocycles. The van der Waals surface area contributed by atoms with Crippen LogP contribution < -0.4 is 0 Å². The van der Waals surface area contributed by atoms with Crippen molar-refractivity contribution >= 4 is 22.6 Å². The van der Waals surface area contributed by atoms with Gasteiger partial charge in [-0.3, -0.25) is 0 Å². The molecular weight excluding hydrogens is 432 g/mol. The maximum absolute atomic E-state index is 13.3. The molecule has 0 aliphatic rings. The molecule has 2 aromatic carbocycles. The lowest BCUT2D eigenvalue weighted by Gasteiger charge is -2.15. The van der Waals surface area contributed by atoms with Crippen LogP contribution in [-0.2, 0) is 12.7 Å². The molecule has 0 spiro atoms. The van der Waals surface area contributed by atoms with Gasteiger partial charge in [-0.1, -0.05) is 30.3 Å². The molecule has 124 valence electrons. The Balaban J connectivity index is 2.12. The van der Waals surface area contributed by atoms with E-state index >= 15 is 0 Å². The molecule has 3 rings (SSSR count). The van der Waals surface area contributed by atoms with Gasteiger partial charge in [0.15, 0.2) is 0 Å². The molecule has 0 aliphatic heterocycles. The standard InChI is InChI=1S/C17H12F3IN2O/c18-17(19,20)15-9-22-16(11-5-7-13(21)8-6-11)23(15)10-12-3-1-2-4-14(12)24/h1-9,24H,10H2. The number of alkyl halides is 3. The quantitative estimate of drug-likeness (QED) is 0.583. The van der Waals surface area contributed by atoms with Crippen molar-refractivity contribution in [1.82, 2.24) is 9.55 Å². The fourth-order valence-electron chi connectivity index (χ4n) is 2.41. The zero-order chi connectivity index (χ0) is 17.3. The van der Waals surface area contributed by atoms with E-state index < -0.39 is 11.9 Å². The van der Waals surface area contributed by atoms with Gasteiger partial charge in [0.05, 0.1) is 12.7 Å². The van der Waals surface area contributed by atoms with Crippen LogP contribution in [0.25, 0.3) is 11.4 Å². The Labute approximate surface area is 149 Å². The smallest absolute Gasteiger partial charge is 0.433 e. The first kappa shape index (κ1) is 16.8. The van der Waals surface area contributed by atoms with Gasteiger partial charge < -0.3 is 9.67 Å². The van der Waals surface area contributed by atoms with E-state index in [-0.39, 0.29) is 18.1 Å². The van der Waals surface area contributed by atoms with Gasteiger partial charge in [0.2, 0.25) is 0 Å². The number of hydrogen-bond acceptors (Lipinski definition) is 2. The summed E-state index contributed by atoms with van der Waals surface area (Å²) in [5.74, 6) is 0.162. The third-order valence-electron chi connectivity index (χ3n) is 3.57. The van der Waals surface area contributed by atoms with Gasteiger partial charge in [-0.25, -0.2) is 4.98 Å². The second-order valence-corrected chi connectivity index (χ2v) is 6.43. The van der Waals surface area contributed by atoms with Crippen LogP contribution in [0.5, 0.6) is 5.75 Å². The summed E-state index contributed by atoms with van der Waals surface area (Å²) in [5.41, 5.74) is 0.133. The van der Waals surface area contributed by atoms with E-state index in [4.69, 9.17) is 0 Å². The summed E-state index contributed by atoms with van der Waals surface area (Å²) >= 11 is 2.13. The van der Waals surface area contributed by atoms with Gasteiger partial charge in [0, 0.05) is 14.7 Å². The SMILES string of the molecule is Oc1ccccc1Cn1c(C(F)(F)F)cnc1-c1ccc(I)cc1. The number of para-hydroxylation sites is 1. The van der Waals surface area contributed by atoms with Crippen molar-refractivity contribution in [3.8, 4) is 17.1 Å². The van der Waals surface area contributed by atoms with Crippen LogP contribution in [0.3, 0.4) is 0 Å². The highest BCUT2D eigenvalue weighted by Gasteiger charge is 2.36. The minimum atomic E-state index is -4.53. The maximum Gasteiger partial charge on any atom is 0.433 e. The van der Waals surface area contributed by atoms with Crippen molar-refractivity contribution in [2.45, 2.75) is 12.7 Å². The molecule has 0 fully saturated rings. The second-order valence-electron chi connectivity index (χ2n) is 5.19. The number of phenolic OH excluding ortho intramolecular Hbond substituents is 1.